The van der Waals surface area contributed by atoms with Gasteiger partial charge in [0.2, 0.25) is 0 Å². The summed E-state index contributed by atoms with van der Waals surface area (Å²) < 4.78 is 19.9. The molecule has 188 valence electrons. The number of carbonyl (C=O) groups is 2. The highest BCUT2D eigenvalue weighted by atomic mass is 19.1. The molecule has 9 heteroatoms. The number of nitrogen functional groups attached to an aromatic ring is 1. The number of nitrogens with zero attached hydrogens (tertiary/aromatic N) is 3. The number of likely N-dealkylation sites (tertiary alicyclic amines) is 1. The molecule has 0 aliphatic carbocycles. The highest BCUT2D eigenvalue weighted by Crippen LogP contribution is 2.34. The molecule has 0 spiro atoms. The monoisotopic (exact) mass is 499 g/mol. The Labute approximate surface area is 212 Å². The van der Waals surface area contributed by atoms with Gasteiger partial charge in [0, 0.05) is 24.9 Å². The number of piperidine rings is 1. The molecule has 3 heterocycles. The normalized spacial score (nSPS) is 17.9. The Hall–Kier alpha value is -4.40. The first-order valence-corrected chi connectivity index (χ1v) is 12.3. The number of Topliss-reactive ketones (excluding diaryl/α,β-unsaturated/α-hetero) is 1. The number of benzene rings is 3. The molecular formula is C28H26FN5O3. The number of nitrogens with one attached hydrogen (secondary N) is 1. The SMILES string of the molecule is Nc1nc2ccc(-c3ccc4c(c3)CN(C(=O)N3CCC(=O)CC3c3cccc(F)c3)CCO4)cc2[nH]1. The third kappa shape index (κ3) is 4.48. The Morgan fingerprint density at radius 1 is 1.08 bits per heavy atom. The summed E-state index contributed by atoms with van der Waals surface area (Å²) in [5.41, 5.74) is 10.9. The summed E-state index contributed by atoms with van der Waals surface area (Å²) in [6.45, 7) is 1.43. The van der Waals surface area contributed by atoms with Crippen LogP contribution in [0, 0.1) is 5.82 Å². The first kappa shape index (κ1) is 23.0. The van der Waals surface area contributed by atoms with Gasteiger partial charge in [-0.2, -0.15) is 0 Å². The van der Waals surface area contributed by atoms with Crippen LogP contribution in [0.3, 0.4) is 0 Å². The number of amides is 2. The van der Waals surface area contributed by atoms with Crippen LogP contribution in [0.15, 0.2) is 60.7 Å². The summed E-state index contributed by atoms with van der Waals surface area (Å²) in [4.78, 5) is 36.8. The van der Waals surface area contributed by atoms with Gasteiger partial charge in [0.25, 0.3) is 0 Å². The van der Waals surface area contributed by atoms with E-state index in [1.165, 1.54) is 12.1 Å². The average Bonchev–Trinajstić information content (AvgIpc) is 3.13. The van der Waals surface area contributed by atoms with Crippen LogP contribution >= 0.6 is 0 Å². The summed E-state index contributed by atoms with van der Waals surface area (Å²) >= 11 is 0. The van der Waals surface area contributed by atoms with E-state index in [-0.39, 0.29) is 24.1 Å². The first-order valence-electron chi connectivity index (χ1n) is 12.3. The number of halogens is 1. The molecule has 3 N–H and O–H groups in total. The molecular weight excluding hydrogens is 473 g/mol. The van der Waals surface area contributed by atoms with Crippen LogP contribution in [0.25, 0.3) is 22.2 Å². The number of aromatic amines is 1. The van der Waals surface area contributed by atoms with E-state index in [0.717, 1.165) is 33.5 Å². The number of aromatic nitrogens is 2. The van der Waals surface area contributed by atoms with Gasteiger partial charge >= 0.3 is 6.03 Å². The maximum Gasteiger partial charge on any atom is 0.320 e. The molecule has 3 aromatic carbocycles. The topological polar surface area (TPSA) is 105 Å². The summed E-state index contributed by atoms with van der Waals surface area (Å²) in [5.74, 6) is 0.793. The third-order valence-electron chi connectivity index (χ3n) is 7.05. The Morgan fingerprint density at radius 2 is 1.92 bits per heavy atom. The fraction of sp³-hybridized carbons (Fsp3) is 0.250. The van der Waals surface area contributed by atoms with Gasteiger partial charge < -0.3 is 25.3 Å². The number of hydrogen-bond acceptors (Lipinski definition) is 5. The summed E-state index contributed by atoms with van der Waals surface area (Å²) in [6, 6.07) is 17.3. The van der Waals surface area contributed by atoms with Gasteiger partial charge in [-0.05, 0) is 53.1 Å². The van der Waals surface area contributed by atoms with Crippen molar-refractivity contribution in [3.63, 3.8) is 0 Å². The van der Waals surface area contributed by atoms with E-state index in [9.17, 15) is 14.0 Å². The fourth-order valence-electron chi connectivity index (χ4n) is 5.20. The van der Waals surface area contributed by atoms with E-state index in [1.807, 2.05) is 36.4 Å². The zero-order valence-corrected chi connectivity index (χ0v) is 20.1. The molecule has 1 unspecified atom stereocenters. The van der Waals surface area contributed by atoms with Gasteiger partial charge in [-0.1, -0.05) is 24.3 Å². The molecule has 0 saturated carbocycles. The number of ketones is 1. The van der Waals surface area contributed by atoms with E-state index < -0.39 is 6.04 Å². The lowest BCUT2D eigenvalue weighted by Gasteiger charge is -2.38. The third-order valence-corrected chi connectivity index (χ3v) is 7.05. The summed E-state index contributed by atoms with van der Waals surface area (Å²) in [5, 5.41) is 0. The van der Waals surface area contributed by atoms with Crippen molar-refractivity contribution in [2.24, 2.45) is 0 Å². The second-order valence-electron chi connectivity index (χ2n) is 9.49. The minimum Gasteiger partial charge on any atom is -0.491 e. The molecule has 1 saturated heterocycles. The van der Waals surface area contributed by atoms with Crippen molar-refractivity contribution in [2.75, 3.05) is 25.4 Å². The van der Waals surface area contributed by atoms with E-state index >= 15 is 0 Å². The van der Waals surface area contributed by atoms with Crippen molar-refractivity contribution in [1.29, 1.82) is 0 Å². The van der Waals surface area contributed by atoms with Crippen molar-refractivity contribution in [2.45, 2.75) is 25.4 Å². The quantitative estimate of drug-likeness (QED) is 0.417. The standard InChI is InChI=1S/C28H26FN5O3/c29-21-3-1-2-19(13-21)25-15-22(35)8-9-34(25)28(36)33-10-11-37-26-7-5-17(12-20(26)16-33)18-4-6-23-24(14-18)32-27(30)31-23/h1-7,12-14,25H,8-11,15-16H2,(H3,30,31,32). The molecule has 6 rings (SSSR count). The second kappa shape index (κ2) is 9.24. The van der Waals surface area contributed by atoms with Crippen molar-refractivity contribution in [3.05, 3.63) is 77.6 Å². The van der Waals surface area contributed by atoms with Crippen molar-refractivity contribution >= 4 is 28.8 Å². The number of urea groups is 1. The van der Waals surface area contributed by atoms with Crippen molar-refractivity contribution < 1.29 is 18.7 Å². The largest absolute Gasteiger partial charge is 0.491 e. The number of carbonyl (C=O) groups excluding carboxylic acids is 2. The molecule has 2 amide bonds. The minimum absolute atomic E-state index is 0.0727. The van der Waals surface area contributed by atoms with Crippen LogP contribution in [-0.2, 0) is 11.3 Å². The average molecular weight is 500 g/mol. The van der Waals surface area contributed by atoms with E-state index in [1.54, 1.807) is 21.9 Å². The van der Waals surface area contributed by atoms with Crippen LogP contribution in [-0.4, -0.2) is 51.3 Å². The van der Waals surface area contributed by atoms with E-state index in [4.69, 9.17) is 10.5 Å². The smallest absolute Gasteiger partial charge is 0.320 e. The van der Waals surface area contributed by atoms with Gasteiger partial charge in [0.05, 0.1) is 30.2 Å². The molecule has 2 aliphatic heterocycles. The lowest BCUT2D eigenvalue weighted by Crippen LogP contribution is -2.48. The molecule has 4 aromatic rings. The highest BCUT2D eigenvalue weighted by molar-refractivity contribution is 5.85. The molecule has 1 atom stereocenters. The number of H-pyrrole nitrogens is 1. The predicted octanol–water partition coefficient (Wildman–Crippen LogP) is 4.67. The lowest BCUT2D eigenvalue weighted by molar-refractivity contribution is -0.122. The Bertz CT molecular complexity index is 1520. The fourth-order valence-corrected chi connectivity index (χ4v) is 5.20. The van der Waals surface area contributed by atoms with Crippen molar-refractivity contribution in [3.8, 4) is 16.9 Å². The van der Waals surface area contributed by atoms with Crippen LogP contribution in [0.2, 0.25) is 0 Å². The Morgan fingerprint density at radius 3 is 2.78 bits per heavy atom. The maximum absolute atomic E-state index is 14.0. The van der Waals surface area contributed by atoms with E-state index in [0.29, 0.717) is 44.2 Å². The van der Waals surface area contributed by atoms with Crippen molar-refractivity contribution in [1.82, 2.24) is 19.8 Å². The second-order valence-corrected chi connectivity index (χ2v) is 9.49. The molecule has 2 aliphatic rings. The number of hydrogen-bond donors (Lipinski definition) is 2. The number of imidazole rings is 1. The van der Waals surface area contributed by atoms with Crippen LogP contribution in [0.4, 0.5) is 15.1 Å². The van der Waals surface area contributed by atoms with Gasteiger partial charge in [-0.3, -0.25) is 4.79 Å². The summed E-state index contributed by atoms with van der Waals surface area (Å²) in [6.07, 6.45) is 0.476. The molecule has 8 nitrogen and oxygen atoms in total. The number of anilines is 1. The minimum atomic E-state index is -0.493. The summed E-state index contributed by atoms with van der Waals surface area (Å²) in [7, 11) is 0. The zero-order chi connectivity index (χ0) is 25.5. The van der Waals surface area contributed by atoms with Crippen LogP contribution in [0.5, 0.6) is 5.75 Å². The molecule has 37 heavy (non-hydrogen) atoms. The number of fused-ring (bicyclic) bond motifs is 2. The molecule has 0 bridgehead atoms. The number of ether oxygens (including phenoxy) is 1. The van der Waals surface area contributed by atoms with Gasteiger partial charge in [0.15, 0.2) is 5.95 Å². The maximum atomic E-state index is 14.0. The molecule has 1 fully saturated rings. The number of rotatable bonds is 2. The van der Waals surface area contributed by atoms with Gasteiger partial charge in [0.1, 0.15) is 24.0 Å². The first-order chi connectivity index (χ1) is 17.9. The molecule has 0 radical (unpaired) electrons. The number of nitrogens with two attached hydrogens (primary N) is 1. The highest BCUT2D eigenvalue weighted by Gasteiger charge is 2.35. The van der Waals surface area contributed by atoms with Gasteiger partial charge in [-0.25, -0.2) is 14.2 Å². The van der Waals surface area contributed by atoms with Crippen LogP contribution < -0.4 is 10.5 Å². The molecule has 1 aromatic heterocycles. The Kier molecular flexibility index (Phi) is 5.75. The lowest BCUT2D eigenvalue weighted by atomic mass is 9.94. The van der Waals surface area contributed by atoms with Crippen LogP contribution in [0.1, 0.15) is 30.0 Å². The van der Waals surface area contributed by atoms with Gasteiger partial charge in [-0.15, -0.1) is 0 Å². The predicted molar refractivity (Wildman–Crippen MR) is 137 cm³/mol. The Balaban J connectivity index is 1.28. The zero-order valence-electron chi connectivity index (χ0n) is 20.1. The van der Waals surface area contributed by atoms with E-state index in [2.05, 4.69) is 9.97 Å².